The van der Waals surface area contributed by atoms with Crippen LogP contribution in [0.15, 0.2) is 54.7 Å². The van der Waals surface area contributed by atoms with Gasteiger partial charge < -0.3 is 15.0 Å². The number of hydrogen-bond acceptors (Lipinski definition) is 8. The second-order valence-electron chi connectivity index (χ2n) is 10.1. The topological polar surface area (TPSA) is 133 Å². The maximum Gasteiger partial charge on any atom is 0.324 e. The molecule has 2 fully saturated rings. The highest BCUT2D eigenvalue weighted by atomic mass is 32.3. The number of anilines is 3. The Morgan fingerprint density at radius 2 is 1.89 bits per heavy atom. The summed E-state index contributed by atoms with van der Waals surface area (Å²) in [5, 5.41) is 5.21. The van der Waals surface area contributed by atoms with Gasteiger partial charge in [0, 0.05) is 35.3 Å². The number of amides is 2. The van der Waals surface area contributed by atoms with Crippen molar-refractivity contribution in [1.82, 2.24) is 15.0 Å². The van der Waals surface area contributed by atoms with Crippen LogP contribution >= 0.6 is 10.6 Å². The van der Waals surface area contributed by atoms with Crippen LogP contribution in [0.2, 0.25) is 0 Å². The molecule has 4 N–H and O–H groups in total. The molecule has 3 heterocycles. The molecule has 0 bridgehead atoms. The molecule has 0 radical (unpaired) electrons. The summed E-state index contributed by atoms with van der Waals surface area (Å²) in [7, 11) is -2.92. The first-order valence-corrected chi connectivity index (χ1v) is 14.4. The van der Waals surface area contributed by atoms with E-state index in [1.807, 2.05) is 32.0 Å². The number of carbonyl (C=O) groups excluding carboxylic acids is 1. The largest absolute Gasteiger partial charge is 0.377 e. The van der Waals surface area contributed by atoms with Crippen molar-refractivity contribution in [3.8, 4) is 11.4 Å². The van der Waals surface area contributed by atoms with Gasteiger partial charge >= 0.3 is 6.03 Å². The third kappa shape index (κ3) is 5.19. The standard InChI is InChI=1S/C27H34N6O4S/c1-18(2)38(35,36)27(11-12-27)22-16-24(33-14-15-37-17-19(33)3)32-25(30-22)20-7-9-21(10-8-20)29-26(34)31-23-6-4-5-13-28-23/h4-10,13,16,18-19,35-36H,11-12,14-15,17H2,1-3H3,(H2,28,29,31,34)/t19-/m0/s1. The van der Waals surface area contributed by atoms with Gasteiger partial charge in [-0.15, -0.1) is 0 Å². The summed E-state index contributed by atoms with van der Waals surface area (Å²) < 4.78 is 27.2. The molecule has 0 unspecified atom stereocenters. The molecule has 1 saturated heterocycles. The SMILES string of the molecule is CC(C)S(O)(O)C1(c2cc(N3CCOC[C@@H]3C)nc(-c3ccc(NC(=O)Nc4ccccn4)cc3)n2)CC1. The Bertz CT molecular complexity index is 1280. The number of ether oxygens (including phenoxy) is 1. The number of benzene rings is 1. The fraction of sp³-hybridized carbons (Fsp3) is 0.407. The number of morpholine rings is 1. The Balaban J connectivity index is 1.44. The smallest absolute Gasteiger partial charge is 0.324 e. The third-order valence-corrected chi connectivity index (χ3v) is 10.2. The monoisotopic (exact) mass is 538 g/mol. The number of urea groups is 1. The van der Waals surface area contributed by atoms with Crippen molar-refractivity contribution in [2.24, 2.45) is 0 Å². The van der Waals surface area contributed by atoms with Crippen molar-refractivity contribution < 1.29 is 18.6 Å². The molecule has 202 valence electrons. The average molecular weight is 539 g/mol. The molecule has 0 spiro atoms. The van der Waals surface area contributed by atoms with Crippen molar-refractivity contribution in [3.63, 3.8) is 0 Å². The van der Waals surface area contributed by atoms with Gasteiger partial charge in [0.1, 0.15) is 16.4 Å². The van der Waals surface area contributed by atoms with Gasteiger partial charge in [-0.1, -0.05) is 6.07 Å². The molecule has 1 saturated carbocycles. The van der Waals surface area contributed by atoms with Crippen molar-refractivity contribution in [2.45, 2.75) is 49.7 Å². The van der Waals surface area contributed by atoms with E-state index in [0.717, 1.165) is 11.4 Å². The Hall–Kier alpha value is -3.25. The number of hydrogen-bond donors (Lipinski definition) is 4. The molecule has 1 aliphatic carbocycles. The lowest BCUT2D eigenvalue weighted by Gasteiger charge is -2.44. The van der Waals surface area contributed by atoms with Crippen LogP contribution in [0, 0.1) is 0 Å². The second kappa shape index (κ2) is 10.5. The van der Waals surface area contributed by atoms with Crippen LogP contribution in [0.4, 0.5) is 22.1 Å². The van der Waals surface area contributed by atoms with E-state index in [0.29, 0.717) is 55.6 Å². The lowest BCUT2D eigenvalue weighted by atomic mass is 10.1. The van der Waals surface area contributed by atoms with E-state index in [9.17, 15) is 13.9 Å². The van der Waals surface area contributed by atoms with Crippen LogP contribution in [0.25, 0.3) is 11.4 Å². The highest BCUT2D eigenvalue weighted by Crippen LogP contribution is 2.73. The molecule has 5 rings (SSSR count). The molecule has 1 aliphatic heterocycles. The normalized spacial score (nSPS) is 19.2. The molecular weight excluding hydrogens is 504 g/mol. The maximum absolute atomic E-state index is 12.4. The van der Waals surface area contributed by atoms with Gasteiger partial charge in [-0.2, -0.15) is 10.6 Å². The predicted octanol–water partition coefficient (Wildman–Crippen LogP) is 5.56. The maximum atomic E-state index is 12.4. The molecular formula is C27H34N6O4S. The molecule has 3 aromatic rings. The quantitative estimate of drug-likeness (QED) is 0.308. The molecule has 11 heteroatoms. The Morgan fingerprint density at radius 3 is 2.53 bits per heavy atom. The van der Waals surface area contributed by atoms with Gasteiger partial charge in [-0.3, -0.25) is 14.4 Å². The van der Waals surface area contributed by atoms with Crippen LogP contribution in [0.5, 0.6) is 0 Å². The first kappa shape index (κ1) is 26.4. The summed E-state index contributed by atoms with van der Waals surface area (Å²) in [6, 6.07) is 14.2. The Kier molecular flexibility index (Phi) is 7.28. The number of pyridine rings is 1. The first-order valence-electron chi connectivity index (χ1n) is 12.8. The summed E-state index contributed by atoms with van der Waals surface area (Å²) in [5.74, 6) is 1.71. The Labute approximate surface area is 224 Å². The molecule has 2 amide bonds. The van der Waals surface area contributed by atoms with Crippen LogP contribution < -0.4 is 15.5 Å². The van der Waals surface area contributed by atoms with Gasteiger partial charge in [0.05, 0.1) is 24.9 Å². The van der Waals surface area contributed by atoms with E-state index < -0.39 is 21.4 Å². The van der Waals surface area contributed by atoms with E-state index in [-0.39, 0.29) is 11.3 Å². The van der Waals surface area contributed by atoms with E-state index in [1.54, 1.807) is 36.5 Å². The number of carbonyl (C=O) groups is 1. The summed E-state index contributed by atoms with van der Waals surface area (Å²) in [6.45, 7) is 7.68. The number of rotatable bonds is 7. The molecule has 38 heavy (non-hydrogen) atoms. The second-order valence-corrected chi connectivity index (χ2v) is 13.0. The summed E-state index contributed by atoms with van der Waals surface area (Å²) in [4.78, 5) is 28.4. The van der Waals surface area contributed by atoms with Crippen molar-refractivity contribution in [1.29, 1.82) is 0 Å². The third-order valence-electron chi connectivity index (χ3n) is 7.09. The van der Waals surface area contributed by atoms with E-state index in [4.69, 9.17) is 14.7 Å². The zero-order valence-corrected chi connectivity index (χ0v) is 22.6. The molecule has 1 aromatic carbocycles. The van der Waals surface area contributed by atoms with E-state index in [1.165, 1.54) is 0 Å². The zero-order valence-electron chi connectivity index (χ0n) is 21.8. The molecule has 2 aromatic heterocycles. The van der Waals surface area contributed by atoms with Crippen LogP contribution in [0.3, 0.4) is 0 Å². The Morgan fingerprint density at radius 1 is 1.13 bits per heavy atom. The van der Waals surface area contributed by atoms with Crippen molar-refractivity contribution in [2.75, 3.05) is 35.3 Å². The lowest BCUT2D eigenvalue weighted by Crippen LogP contribution is -2.44. The number of nitrogens with zero attached hydrogens (tertiary/aromatic N) is 4. The predicted molar refractivity (Wildman–Crippen MR) is 151 cm³/mol. The minimum absolute atomic E-state index is 0.129. The van der Waals surface area contributed by atoms with Crippen molar-refractivity contribution >= 4 is 33.9 Å². The van der Waals surface area contributed by atoms with E-state index >= 15 is 0 Å². The van der Waals surface area contributed by atoms with Crippen molar-refractivity contribution in [3.05, 3.63) is 60.4 Å². The highest BCUT2D eigenvalue weighted by molar-refractivity contribution is 8.25. The van der Waals surface area contributed by atoms with Gasteiger partial charge in [0.15, 0.2) is 5.82 Å². The minimum atomic E-state index is -2.92. The molecule has 10 nitrogen and oxygen atoms in total. The van der Waals surface area contributed by atoms with Crippen LogP contribution in [-0.2, 0) is 9.48 Å². The number of aromatic nitrogens is 3. The first-order chi connectivity index (χ1) is 18.2. The van der Waals surface area contributed by atoms with Gasteiger partial charge in [-0.25, -0.2) is 19.7 Å². The van der Waals surface area contributed by atoms with Crippen LogP contribution in [0.1, 0.15) is 39.3 Å². The van der Waals surface area contributed by atoms with Gasteiger partial charge in [0.25, 0.3) is 0 Å². The lowest BCUT2D eigenvalue weighted by molar-refractivity contribution is 0.0985. The fourth-order valence-electron chi connectivity index (χ4n) is 4.70. The van der Waals surface area contributed by atoms with Gasteiger partial charge in [-0.05, 0) is 70.0 Å². The molecule has 1 atom stereocenters. The highest BCUT2D eigenvalue weighted by Gasteiger charge is 2.57. The van der Waals surface area contributed by atoms with Gasteiger partial charge in [0.2, 0.25) is 0 Å². The summed E-state index contributed by atoms with van der Waals surface area (Å²) >= 11 is 0. The van der Waals surface area contributed by atoms with E-state index in [2.05, 4.69) is 27.4 Å². The summed E-state index contributed by atoms with van der Waals surface area (Å²) in [5.41, 5.74) is 2.04. The molecule has 2 aliphatic rings. The number of nitrogens with one attached hydrogen (secondary N) is 2. The average Bonchev–Trinajstić information content (AvgIpc) is 3.72. The summed E-state index contributed by atoms with van der Waals surface area (Å²) in [6.07, 6.45) is 2.96. The fourth-order valence-corrected chi connectivity index (χ4v) is 6.72. The zero-order chi connectivity index (χ0) is 26.9. The minimum Gasteiger partial charge on any atom is -0.377 e. The van der Waals surface area contributed by atoms with Crippen LogP contribution in [-0.4, -0.2) is 61.1 Å².